The molecule has 1 unspecified atom stereocenters. The second-order valence-corrected chi connectivity index (χ2v) is 6.19. The van der Waals surface area contributed by atoms with Crippen LogP contribution in [-0.2, 0) is 0 Å². The van der Waals surface area contributed by atoms with Crippen LogP contribution in [0.3, 0.4) is 0 Å². The minimum absolute atomic E-state index is 0.541. The van der Waals surface area contributed by atoms with E-state index in [1.165, 1.54) is 12.8 Å². The lowest BCUT2D eigenvalue weighted by Gasteiger charge is -2.27. The van der Waals surface area contributed by atoms with Crippen molar-refractivity contribution in [1.82, 2.24) is 20.5 Å². The lowest BCUT2D eigenvalue weighted by molar-refractivity contribution is 0.532. The summed E-state index contributed by atoms with van der Waals surface area (Å²) in [5.41, 5.74) is 1.76. The van der Waals surface area contributed by atoms with Crippen molar-refractivity contribution in [3.8, 4) is 0 Å². The van der Waals surface area contributed by atoms with Crippen molar-refractivity contribution in [3.05, 3.63) is 24.3 Å². The normalized spacial score (nSPS) is 18.5. The van der Waals surface area contributed by atoms with E-state index in [4.69, 9.17) is 4.98 Å². The van der Waals surface area contributed by atoms with Crippen LogP contribution in [0, 0.1) is 5.92 Å². The fourth-order valence-corrected chi connectivity index (χ4v) is 2.86. The summed E-state index contributed by atoms with van der Waals surface area (Å²) in [5.74, 6) is 1.32. The minimum atomic E-state index is 0.541. The Kier molecular flexibility index (Phi) is 4.29. The number of benzene rings is 1. The molecule has 1 N–H and O–H groups in total. The molecule has 1 fully saturated rings. The zero-order chi connectivity index (χ0) is 14.7. The van der Waals surface area contributed by atoms with Crippen molar-refractivity contribution in [3.63, 3.8) is 0 Å². The van der Waals surface area contributed by atoms with Crippen molar-refractivity contribution in [1.29, 1.82) is 0 Å². The Hall–Kier alpha value is -1.75. The Morgan fingerprint density at radius 3 is 2.76 bits per heavy atom. The molecular formula is C16H23N5. The largest absolute Gasteiger partial charge is 0.338 e. The van der Waals surface area contributed by atoms with Crippen LogP contribution in [0.2, 0.25) is 0 Å². The average molecular weight is 285 g/mol. The standard InChI is InChI=1S/C16H23N5/c1-12(2)10-21(11-13-6-5-9-17-13)16-18-14-7-3-4-8-15(14)19-20-16/h3-4,7-8,12-13,17H,5-6,9-11H2,1-2H3. The summed E-state index contributed by atoms with van der Waals surface area (Å²) >= 11 is 0. The van der Waals surface area contributed by atoms with Gasteiger partial charge in [0.1, 0.15) is 5.52 Å². The fraction of sp³-hybridized carbons (Fsp3) is 0.562. The number of aromatic nitrogens is 3. The maximum Gasteiger partial charge on any atom is 0.245 e. The molecule has 0 amide bonds. The van der Waals surface area contributed by atoms with Gasteiger partial charge in [0, 0.05) is 19.1 Å². The molecule has 1 aliphatic heterocycles. The van der Waals surface area contributed by atoms with E-state index in [1.54, 1.807) is 0 Å². The van der Waals surface area contributed by atoms with Gasteiger partial charge >= 0.3 is 0 Å². The van der Waals surface area contributed by atoms with Crippen molar-refractivity contribution in [2.45, 2.75) is 32.7 Å². The molecule has 1 saturated heterocycles. The van der Waals surface area contributed by atoms with Gasteiger partial charge in [-0.2, -0.15) is 0 Å². The number of para-hydroxylation sites is 1. The highest BCUT2D eigenvalue weighted by atomic mass is 15.3. The third kappa shape index (κ3) is 3.47. The second-order valence-electron chi connectivity index (χ2n) is 6.19. The van der Waals surface area contributed by atoms with Gasteiger partial charge in [0.25, 0.3) is 0 Å². The summed E-state index contributed by atoms with van der Waals surface area (Å²) in [4.78, 5) is 6.97. The molecule has 1 aliphatic rings. The molecule has 0 saturated carbocycles. The van der Waals surface area contributed by atoms with Crippen molar-refractivity contribution >= 4 is 17.0 Å². The smallest absolute Gasteiger partial charge is 0.245 e. The first-order valence-corrected chi connectivity index (χ1v) is 7.80. The van der Waals surface area contributed by atoms with Gasteiger partial charge in [-0.3, -0.25) is 0 Å². The number of hydrogen-bond acceptors (Lipinski definition) is 5. The molecule has 0 spiro atoms. The van der Waals surface area contributed by atoms with E-state index < -0.39 is 0 Å². The maximum atomic E-state index is 4.70. The van der Waals surface area contributed by atoms with Crippen molar-refractivity contribution in [2.75, 3.05) is 24.5 Å². The topological polar surface area (TPSA) is 53.9 Å². The second kappa shape index (κ2) is 6.35. The molecule has 2 aromatic rings. The lowest BCUT2D eigenvalue weighted by atomic mass is 10.1. The minimum Gasteiger partial charge on any atom is -0.338 e. The van der Waals surface area contributed by atoms with Gasteiger partial charge in [0.2, 0.25) is 5.95 Å². The number of hydrogen-bond donors (Lipinski definition) is 1. The summed E-state index contributed by atoms with van der Waals surface area (Å²) in [6, 6.07) is 8.44. The summed E-state index contributed by atoms with van der Waals surface area (Å²) in [6.45, 7) is 7.49. The van der Waals surface area contributed by atoms with Crippen LogP contribution < -0.4 is 10.2 Å². The molecule has 0 radical (unpaired) electrons. The van der Waals surface area contributed by atoms with Crippen LogP contribution in [0.25, 0.3) is 11.0 Å². The summed E-state index contributed by atoms with van der Waals surface area (Å²) in [5, 5.41) is 12.2. The third-order valence-electron chi connectivity index (χ3n) is 3.82. The molecule has 1 aromatic carbocycles. The van der Waals surface area contributed by atoms with Gasteiger partial charge < -0.3 is 10.2 Å². The van der Waals surface area contributed by atoms with E-state index in [0.29, 0.717) is 12.0 Å². The van der Waals surface area contributed by atoms with Crippen molar-refractivity contribution in [2.24, 2.45) is 5.92 Å². The lowest BCUT2D eigenvalue weighted by Crippen LogP contribution is -2.40. The van der Waals surface area contributed by atoms with Gasteiger partial charge in [0.15, 0.2) is 0 Å². The highest BCUT2D eigenvalue weighted by Gasteiger charge is 2.20. The van der Waals surface area contributed by atoms with Crippen molar-refractivity contribution < 1.29 is 0 Å². The van der Waals surface area contributed by atoms with Crippen LogP contribution in [0.1, 0.15) is 26.7 Å². The predicted octanol–water partition coefficient (Wildman–Crippen LogP) is 2.24. The fourth-order valence-electron chi connectivity index (χ4n) is 2.86. The van der Waals surface area contributed by atoms with E-state index in [-0.39, 0.29) is 0 Å². The van der Waals surface area contributed by atoms with Gasteiger partial charge in [-0.15, -0.1) is 10.2 Å². The Balaban J connectivity index is 1.85. The molecule has 21 heavy (non-hydrogen) atoms. The number of anilines is 1. The van der Waals surface area contributed by atoms with Gasteiger partial charge in [-0.25, -0.2) is 4.98 Å². The van der Waals surface area contributed by atoms with E-state index in [0.717, 1.165) is 36.6 Å². The molecule has 1 atom stereocenters. The molecule has 5 heteroatoms. The number of rotatable bonds is 5. The van der Waals surface area contributed by atoms with Crippen LogP contribution in [-0.4, -0.2) is 40.9 Å². The zero-order valence-corrected chi connectivity index (χ0v) is 12.8. The predicted molar refractivity (Wildman–Crippen MR) is 85.4 cm³/mol. The van der Waals surface area contributed by atoms with Crippen LogP contribution >= 0.6 is 0 Å². The Morgan fingerprint density at radius 1 is 1.24 bits per heavy atom. The molecule has 0 aliphatic carbocycles. The summed E-state index contributed by atoms with van der Waals surface area (Å²) in [7, 11) is 0. The molecular weight excluding hydrogens is 262 g/mol. The third-order valence-corrected chi connectivity index (χ3v) is 3.82. The first-order valence-electron chi connectivity index (χ1n) is 7.80. The Morgan fingerprint density at radius 2 is 2.05 bits per heavy atom. The van der Waals surface area contributed by atoms with Gasteiger partial charge in [-0.1, -0.05) is 26.0 Å². The summed E-state index contributed by atoms with van der Waals surface area (Å²) in [6.07, 6.45) is 2.49. The van der Waals surface area contributed by atoms with E-state index in [2.05, 4.69) is 34.3 Å². The first-order chi connectivity index (χ1) is 10.2. The van der Waals surface area contributed by atoms with Crippen LogP contribution in [0.5, 0.6) is 0 Å². The van der Waals surface area contributed by atoms with Crippen LogP contribution in [0.15, 0.2) is 24.3 Å². The highest BCUT2D eigenvalue weighted by Crippen LogP contribution is 2.16. The number of nitrogens with one attached hydrogen (secondary N) is 1. The Bertz CT molecular complexity index is 592. The molecule has 1 aromatic heterocycles. The monoisotopic (exact) mass is 285 g/mol. The zero-order valence-electron chi connectivity index (χ0n) is 12.8. The highest BCUT2D eigenvalue weighted by molar-refractivity contribution is 5.74. The molecule has 0 bridgehead atoms. The van der Waals surface area contributed by atoms with Crippen LogP contribution in [0.4, 0.5) is 5.95 Å². The van der Waals surface area contributed by atoms with E-state index >= 15 is 0 Å². The maximum absolute atomic E-state index is 4.70. The quantitative estimate of drug-likeness (QED) is 0.913. The van der Waals surface area contributed by atoms with Gasteiger partial charge in [0.05, 0.1) is 5.52 Å². The molecule has 5 nitrogen and oxygen atoms in total. The summed E-state index contributed by atoms with van der Waals surface area (Å²) < 4.78 is 0. The average Bonchev–Trinajstić information content (AvgIpc) is 2.98. The molecule has 2 heterocycles. The number of fused-ring (bicyclic) bond motifs is 1. The number of nitrogens with zero attached hydrogens (tertiary/aromatic N) is 4. The first kappa shape index (κ1) is 14.2. The van der Waals surface area contributed by atoms with E-state index in [1.807, 2.05) is 24.3 Å². The Labute approximate surface area is 125 Å². The van der Waals surface area contributed by atoms with E-state index in [9.17, 15) is 0 Å². The SMILES string of the molecule is CC(C)CN(CC1CCCN1)c1nnc2ccccc2n1. The molecule has 112 valence electrons. The molecule has 3 rings (SSSR count). The van der Waals surface area contributed by atoms with Gasteiger partial charge in [-0.05, 0) is 37.4 Å².